The Morgan fingerprint density at radius 1 is 1.62 bits per heavy atom. The van der Waals surface area contributed by atoms with Gasteiger partial charge in [-0.3, -0.25) is 10.1 Å². The Kier molecular flexibility index (Phi) is 2.66. The molecule has 1 aliphatic heterocycles. The molecule has 0 bridgehead atoms. The zero-order chi connectivity index (χ0) is 11.9. The van der Waals surface area contributed by atoms with E-state index >= 15 is 0 Å². The zero-order valence-corrected chi connectivity index (χ0v) is 9.60. The average Bonchev–Trinajstić information content (AvgIpc) is 2.53. The third-order valence-corrected chi connectivity index (χ3v) is 3.58. The summed E-state index contributed by atoms with van der Waals surface area (Å²) in [4.78, 5) is 10.7. The Bertz CT molecular complexity index is 352. The van der Waals surface area contributed by atoms with Crippen molar-refractivity contribution in [2.45, 2.75) is 44.8 Å². The lowest BCUT2D eigenvalue weighted by Gasteiger charge is -2.24. The third-order valence-electron chi connectivity index (χ3n) is 3.58. The van der Waals surface area contributed by atoms with Crippen molar-refractivity contribution in [1.29, 1.82) is 0 Å². The quantitative estimate of drug-likeness (QED) is 0.573. The number of allylic oxidation sites excluding steroid dienone is 1. The van der Waals surface area contributed by atoms with E-state index in [1.807, 2.05) is 13.8 Å². The number of ether oxygens (including phenoxy) is 1. The van der Waals surface area contributed by atoms with Crippen LogP contribution >= 0.6 is 0 Å². The SMILES string of the molecule is CC1CC2=C(CC1[N+](=O)[O-])CC(C)(CO)O2. The maximum atomic E-state index is 10.9. The molecular formula is C11H17NO4. The summed E-state index contributed by atoms with van der Waals surface area (Å²) < 4.78 is 5.71. The lowest BCUT2D eigenvalue weighted by Crippen LogP contribution is -2.31. The molecule has 2 aliphatic rings. The van der Waals surface area contributed by atoms with Crippen molar-refractivity contribution in [1.82, 2.24) is 0 Å². The molecule has 0 fully saturated rings. The van der Waals surface area contributed by atoms with E-state index in [0.717, 1.165) is 11.3 Å². The molecule has 0 aromatic rings. The van der Waals surface area contributed by atoms with Gasteiger partial charge in [-0.05, 0) is 12.5 Å². The van der Waals surface area contributed by atoms with E-state index in [-0.39, 0.29) is 17.4 Å². The van der Waals surface area contributed by atoms with E-state index in [1.54, 1.807) is 0 Å². The maximum absolute atomic E-state index is 10.9. The van der Waals surface area contributed by atoms with Crippen LogP contribution in [-0.2, 0) is 4.74 Å². The molecule has 2 rings (SSSR count). The molecule has 0 saturated carbocycles. The van der Waals surface area contributed by atoms with Crippen LogP contribution in [-0.4, -0.2) is 28.3 Å². The molecule has 3 unspecified atom stereocenters. The highest BCUT2D eigenvalue weighted by Crippen LogP contribution is 2.43. The van der Waals surface area contributed by atoms with Crippen molar-refractivity contribution in [3.8, 4) is 0 Å². The first kappa shape index (κ1) is 11.4. The number of hydrogen-bond donors (Lipinski definition) is 1. The van der Waals surface area contributed by atoms with Crippen LogP contribution in [0.25, 0.3) is 0 Å². The van der Waals surface area contributed by atoms with Crippen LogP contribution in [0.5, 0.6) is 0 Å². The van der Waals surface area contributed by atoms with Gasteiger partial charge >= 0.3 is 0 Å². The lowest BCUT2D eigenvalue weighted by atomic mass is 9.83. The molecule has 0 spiro atoms. The fourth-order valence-electron chi connectivity index (χ4n) is 2.58. The van der Waals surface area contributed by atoms with Crippen LogP contribution in [0.2, 0.25) is 0 Å². The lowest BCUT2D eigenvalue weighted by molar-refractivity contribution is -0.531. The van der Waals surface area contributed by atoms with E-state index in [0.29, 0.717) is 19.3 Å². The summed E-state index contributed by atoms with van der Waals surface area (Å²) in [6.45, 7) is 3.68. The van der Waals surface area contributed by atoms with Crippen LogP contribution in [0.4, 0.5) is 0 Å². The van der Waals surface area contributed by atoms with Gasteiger partial charge in [0, 0.05) is 30.1 Å². The van der Waals surface area contributed by atoms with Gasteiger partial charge in [-0.15, -0.1) is 0 Å². The summed E-state index contributed by atoms with van der Waals surface area (Å²) in [5.41, 5.74) is 0.465. The summed E-state index contributed by atoms with van der Waals surface area (Å²) in [6.07, 6.45) is 1.71. The minimum absolute atomic E-state index is 0.00907. The van der Waals surface area contributed by atoms with Gasteiger partial charge in [0.05, 0.1) is 12.4 Å². The van der Waals surface area contributed by atoms with Crippen molar-refractivity contribution in [3.63, 3.8) is 0 Å². The molecule has 0 aromatic carbocycles. The minimum Gasteiger partial charge on any atom is -0.489 e. The summed E-state index contributed by atoms with van der Waals surface area (Å²) >= 11 is 0. The molecule has 16 heavy (non-hydrogen) atoms. The normalized spacial score (nSPS) is 38.2. The highest BCUT2D eigenvalue weighted by atomic mass is 16.6. The average molecular weight is 227 g/mol. The Morgan fingerprint density at radius 2 is 2.31 bits per heavy atom. The number of aliphatic hydroxyl groups is 1. The molecule has 0 radical (unpaired) electrons. The predicted molar refractivity (Wildman–Crippen MR) is 57.4 cm³/mol. The molecule has 0 saturated heterocycles. The molecule has 1 N–H and O–H groups in total. The predicted octanol–water partition coefficient (Wildman–Crippen LogP) is 1.49. The Balaban J connectivity index is 2.15. The summed E-state index contributed by atoms with van der Waals surface area (Å²) in [5.74, 6) is 0.886. The maximum Gasteiger partial charge on any atom is 0.219 e. The van der Waals surface area contributed by atoms with Gasteiger partial charge in [0.1, 0.15) is 5.60 Å². The van der Waals surface area contributed by atoms with Crippen molar-refractivity contribution in [3.05, 3.63) is 21.4 Å². The van der Waals surface area contributed by atoms with Crippen molar-refractivity contribution in [2.75, 3.05) is 6.61 Å². The standard InChI is InChI=1S/C11H17NO4/c1-7-3-10-8(4-9(7)12(14)15)5-11(2,6-13)16-10/h7,9,13H,3-6H2,1-2H3. The van der Waals surface area contributed by atoms with E-state index in [2.05, 4.69) is 0 Å². The molecule has 0 aromatic heterocycles. The van der Waals surface area contributed by atoms with E-state index in [9.17, 15) is 15.2 Å². The second kappa shape index (κ2) is 3.73. The Labute approximate surface area is 94.2 Å². The van der Waals surface area contributed by atoms with Gasteiger partial charge in [0.15, 0.2) is 0 Å². The van der Waals surface area contributed by atoms with Crippen LogP contribution in [0.1, 0.15) is 33.1 Å². The molecule has 1 aliphatic carbocycles. The van der Waals surface area contributed by atoms with Gasteiger partial charge in [0.25, 0.3) is 0 Å². The van der Waals surface area contributed by atoms with Gasteiger partial charge in [-0.1, -0.05) is 6.92 Å². The van der Waals surface area contributed by atoms with E-state index in [4.69, 9.17) is 4.74 Å². The van der Waals surface area contributed by atoms with Crippen LogP contribution in [0.15, 0.2) is 11.3 Å². The van der Waals surface area contributed by atoms with Crippen LogP contribution in [0, 0.1) is 16.0 Å². The molecule has 0 amide bonds. The highest BCUT2D eigenvalue weighted by Gasteiger charge is 2.44. The molecule has 5 heteroatoms. The first-order valence-electron chi connectivity index (χ1n) is 5.59. The van der Waals surface area contributed by atoms with E-state index in [1.165, 1.54) is 0 Å². The Hall–Kier alpha value is -1.10. The second-order valence-corrected chi connectivity index (χ2v) is 5.15. The van der Waals surface area contributed by atoms with Gasteiger partial charge in [0.2, 0.25) is 6.04 Å². The number of nitrogens with zero attached hydrogens (tertiary/aromatic N) is 1. The van der Waals surface area contributed by atoms with Gasteiger partial charge in [-0.25, -0.2) is 0 Å². The largest absolute Gasteiger partial charge is 0.489 e. The molecule has 5 nitrogen and oxygen atoms in total. The number of hydrogen-bond acceptors (Lipinski definition) is 4. The summed E-state index contributed by atoms with van der Waals surface area (Å²) in [5, 5.41) is 20.1. The zero-order valence-electron chi connectivity index (χ0n) is 9.60. The van der Waals surface area contributed by atoms with Gasteiger partial charge in [-0.2, -0.15) is 0 Å². The second-order valence-electron chi connectivity index (χ2n) is 5.15. The van der Waals surface area contributed by atoms with E-state index < -0.39 is 11.6 Å². The monoisotopic (exact) mass is 227 g/mol. The topological polar surface area (TPSA) is 72.6 Å². The molecule has 1 heterocycles. The van der Waals surface area contributed by atoms with Crippen LogP contribution < -0.4 is 0 Å². The van der Waals surface area contributed by atoms with Crippen molar-refractivity contribution in [2.24, 2.45) is 5.92 Å². The molecular weight excluding hydrogens is 210 g/mol. The number of nitro groups is 1. The number of rotatable bonds is 2. The summed E-state index contributed by atoms with van der Waals surface area (Å²) in [6, 6.07) is -0.497. The fraction of sp³-hybridized carbons (Fsp3) is 0.818. The Morgan fingerprint density at radius 3 is 2.88 bits per heavy atom. The highest BCUT2D eigenvalue weighted by molar-refractivity contribution is 5.22. The first-order valence-corrected chi connectivity index (χ1v) is 5.59. The number of aliphatic hydroxyl groups excluding tert-OH is 1. The van der Waals surface area contributed by atoms with Crippen LogP contribution in [0.3, 0.4) is 0 Å². The smallest absolute Gasteiger partial charge is 0.219 e. The van der Waals surface area contributed by atoms with Crippen molar-refractivity contribution >= 4 is 0 Å². The molecule has 3 atom stereocenters. The fourth-order valence-corrected chi connectivity index (χ4v) is 2.58. The minimum atomic E-state index is -0.560. The van der Waals surface area contributed by atoms with Crippen molar-refractivity contribution < 1.29 is 14.8 Å². The molecule has 90 valence electrons. The first-order chi connectivity index (χ1) is 7.45. The summed E-state index contributed by atoms with van der Waals surface area (Å²) in [7, 11) is 0. The third kappa shape index (κ3) is 1.80. The van der Waals surface area contributed by atoms with Gasteiger partial charge < -0.3 is 9.84 Å².